The van der Waals surface area contributed by atoms with Crippen LogP contribution in [-0.4, -0.2) is 32.6 Å². The molecule has 0 saturated carbocycles. The van der Waals surface area contributed by atoms with Gasteiger partial charge in [-0.15, -0.1) is 0 Å². The van der Waals surface area contributed by atoms with Gasteiger partial charge in [-0.2, -0.15) is 0 Å². The van der Waals surface area contributed by atoms with E-state index in [1.807, 2.05) is 18.3 Å². The van der Waals surface area contributed by atoms with Crippen LogP contribution in [0, 0.1) is 17.3 Å². The standard InChI is InChI=1S/C23H37NO2/c1-18(2)10-11-23(13-15-26-22(16-23)19(3)4)12-14-24-17-20-6-8-21(25-5)9-7-20/h6-9,17-19,22H,10-16H2,1-5H3. The lowest BCUT2D eigenvalue weighted by Crippen LogP contribution is -2.38. The third-order valence-electron chi connectivity index (χ3n) is 5.72. The summed E-state index contributed by atoms with van der Waals surface area (Å²) in [5.41, 5.74) is 1.53. The Bertz CT molecular complexity index is 550. The second-order valence-corrected chi connectivity index (χ2v) is 8.60. The van der Waals surface area contributed by atoms with E-state index >= 15 is 0 Å². The summed E-state index contributed by atoms with van der Waals surface area (Å²) in [6.07, 6.45) is 8.54. The lowest BCUT2D eigenvalue weighted by molar-refractivity contribution is -0.0755. The molecule has 0 spiro atoms. The molecule has 1 aromatic carbocycles. The van der Waals surface area contributed by atoms with Crippen LogP contribution < -0.4 is 4.74 Å². The van der Waals surface area contributed by atoms with Crippen LogP contribution in [0.15, 0.2) is 29.3 Å². The van der Waals surface area contributed by atoms with Gasteiger partial charge >= 0.3 is 0 Å². The zero-order valence-electron chi connectivity index (χ0n) is 17.3. The van der Waals surface area contributed by atoms with Gasteiger partial charge < -0.3 is 9.47 Å². The monoisotopic (exact) mass is 359 g/mol. The van der Waals surface area contributed by atoms with Gasteiger partial charge in [0.1, 0.15) is 5.75 Å². The van der Waals surface area contributed by atoms with Crippen molar-refractivity contribution in [3.63, 3.8) is 0 Å². The fourth-order valence-electron chi connectivity index (χ4n) is 3.78. The van der Waals surface area contributed by atoms with Crippen LogP contribution in [0.25, 0.3) is 0 Å². The van der Waals surface area contributed by atoms with Crippen molar-refractivity contribution < 1.29 is 9.47 Å². The summed E-state index contributed by atoms with van der Waals surface area (Å²) in [5, 5.41) is 0. The van der Waals surface area contributed by atoms with Crippen LogP contribution >= 0.6 is 0 Å². The Morgan fingerprint density at radius 1 is 1.19 bits per heavy atom. The molecular weight excluding hydrogens is 322 g/mol. The third-order valence-corrected chi connectivity index (χ3v) is 5.72. The van der Waals surface area contributed by atoms with Crippen molar-refractivity contribution in [3.8, 4) is 5.75 Å². The first-order chi connectivity index (χ1) is 12.4. The van der Waals surface area contributed by atoms with E-state index in [2.05, 4.69) is 39.8 Å². The minimum Gasteiger partial charge on any atom is -0.497 e. The van der Waals surface area contributed by atoms with Gasteiger partial charge in [-0.25, -0.2) is 0 Å². The normalized spacial score (nSPS) is 23.9. The maximum absolute atomic E-state index is 6.05. The molecule has 2 unspecified atom stereocenters. The Morgan fingerprint density at radius 2 is 1.92 bits per heavy atom. The minimum absolute atomic E-state index is 0.398. The Balaban J connectivity index is 1.96. The molecule has 0 amide bonds. The molecule has 1 saturated heterocycles. The van der Waals surface area contributed by atoms with Crippen molar-refractivity contribution in [1.29, 1.82) is 0 Å². The van der Waals surface area contributed by atoms with Crippen molar-refractivity contribution in [1.82, 2.24) is 0 Å². The molecule has 1 aliphatic heterocycles. The predicted octanol–water partition coefficient (Wildman–Crippen LogP) is 5.76. The molecule has 26 heavy (non-hydrogen) atoms. The molecule has 0 radical (unpaired) electrons. The fourth-order valence-corrected chi connectivity index (χ4v) is 3.78. The summed E-state index contributed by atoms with van der Waals surface area (Å²) in [7, 11) is 1.69. The molecule has 1 aromatic rings. The number of aliphatic imine (C=N–C) groups is 1. The van der Waals surface area contributed by atoms with Gasteiger partial charge in [0.2, 0.25) is 0 Å². The lowest BCUT2D eigenvalue weighted by atomic mass is 9.69. The summed E-state index contributed by atoms with van der Waals surface area (Å²) in [5.74, 6) is 2.24. The highest BCUT2D eigenvalue weighted by molar-refractivity contribution is 5.79. The summed E-state index contributed by atoms with van der Waals surface area (Å²) >= 11 is 0. The molecule has 1 aliphatic rings. The molecule has 2 atom stereocenters. The number of ether oxygens (including phenoxy) is 2. The van der Waals surface area contributed by atoms with Gasteiger partial charge in [0.15, 0.2) is 0 Å². The topological polar surface area (TPSA) is 30.8 Å². The lowest BCUT2D eigenvalue weighted by Gasteiger charge is -2.43. The first kappa shape index (κ1) is 21.0. The molecule has 3 nitrogen and oxygen atoms in total. The quantitative estimate of drug-likeness (QED) is 0.525. The van der Waals surface area contributed by atoms with Crippen LogP contribution in [-0.2, 0) is 4.74 Å². The maximum atomic E-state index is 6.05. The van der Waals surface area contributed by atoms with Crippen molar-refractivity contribution >= 4 is 6.21 Å². The van der Waals surface area contributed by atoms with Gasteiger partial charge in [-0.3, -0.25) is 4.99 Å². The van der Waals surface area contributed by atoms with Crippen molar-refractivity contribution in [2.45, 2.75) is 65.9 Å². The molecule has 0 aromatic heterocycles. The first-order valence-electron chi connectivity index (χ1n) is 10.2. The molecule has 0 N–H and O–H groups in total. The summed E-state index contributed by atoms with van der Waals surface area (Å²) in [6, 6.07) is 8.08. The van der Waals surface area contributed by atoms with E-state index in [1.54, 1.807) is 7.11 Å². The summed E-state index contributed by atoms with van der Waals surface area (Å²) in [6.45, 7) is 11.0. The Morgan fingerprint density at radius 3 is 2.54 bits per heavy atom. The molecule has 0 bridgehead atoms. The van der Waals surface area contributed by atoms with Crippen LogP contribution in [0.3, 0.4) is 0 Å². The average Bonchev–Trinajstić information content (AvgIpc) is 2.64. The Hall–Kier alpha value is -1.35. The summed E-state index contributed by atoms with van der Waals surface area (Å²) < 4.78 is 11.3. The summed E-state index contributed by atoms with van der Waals surface area (Å²) in [4.78, 5) is 4.73. The van der Waals surface area contributed by atoms with E-state index in [1.165, 1.54) is 32.1 Å². The second-order valence-electron chi connectivity index (χ2n) is 8.60. The van der Waals surface area contributed by atoms with E-state index < -0.39 is 0 Å². The average molecular weight is 360 g/mol. The van der Waals surface area contributed by atoms with Gasteiger partial charge in [0.25, 0.3) is 0 Å². The maximum Gasteiger partial charge on any atom is 0.118 e. The second kappa shape index (κ2) is 10.1. The van der Waals surface area contributed by atoms with E-state index in [9.17, 15) is 0 Å². The van der Waals surface area contributed by atoms with Gasteiger partial charge in [0, 0.05) is 19.4 Å². The van der Waals surface area contributed by atoms with E-state index in [4.69, 9.17) is 14.5 Å². The zero-order chi connectivity index (χ0) is 19.0. The third kappa shape index (κ3) is 6.42. The predicted molar refractivity (Wildman–Crippen MR) is 110 cm³/mol. The number of rotatable bonds is 9. The fraction of sp³-hybridized carbons (Fsp3) is 0.696. The highest BCUT2D eigenvalue weighted by Gasteiger charge is 2.37. The van der Waals surface area contributed by atoms with Gasteiger partial charge in [-0.05, 0) is 72.8 Å². The van der Waals surface area contributed by atoms with Crippen LogP contribution in [0.4, 0.5) is 0 Å². The van der Waals surface area contributed by atoms with Crippen LogP contribution in [0.2, 0.25) is 0 Å². The Labute approximate surface area is 160 Å². The number of hydrogen-bond acceptors (Lipinski definition) is 3. The highest BCUT2D eigenvalue weighted by Crippen LogP contribution is 2.43. The molecular formula is C23H37NO2. The molecule has 3 heteroatoms. The SMILES string of the molecule is COc1ccc(C=NCCC2(CCC(C)C)CCOC(C(C)C)C2)cc1. The van der Waals surface area contributed by atoms with Crippen molar-refractivity contribution in [2.75, 3.05) is 20.3 Å². The van der Waals surface area contributed by atoms with Gasteiger partial charge in [0.05, 0.1) is 13.2 Å². The smallest absolute Gasteiger partial charge is 0.118 e. The van der Waals surface area contributed by atoms with E-state index in [-0.39, 0.29) is 0 Å². The van der Waals surface area contributed by atoms with Crippen molar-refractivity contribution in [2.24, 2.45) is 22.2 Å². The van der Waals surface area contributed by atoms with Crippen LogP contribution in [0.5, 0.6) is 5.75 Å². The number of hydrogen-bond donors (Lipinski definition) is 0. The molecule has 0 aliphatic carbocycles. The van der Waals surface area contributed by atoms with Crippen LogP contribution in [0.1, 0.15) is 65.4 Å². The van der Waals surface area contributed by atoms with E-state index in [0.29, 0.717) is 17.4 Å². The Kier molecular flexibility index (Phi) is 8.15. The molecule has 146 valence electrons. The number of nitrogens with zero attached hydrogens (tertiary/aromatic N) is 1. The first-order valence-corrected chi connectivity index (χ1v) is 10.2. The van der Waals surface area contributed by atoms with Crippen molar-refractivity contribution in [3.05, 3.63) is 29.8 Å². The van der Waals surface area contributed by atoms with E-state index in [0.717, 1.165) is 30.4 Å². The minimum atomic E-state index is 0.398. The molecule has 1 fully saturated rings. The van der Waals surface area contributed by atoms with Gasteiger partial charge in [-0.1, -0.05) is 34.1 Å². The number of benzene rings is 1. The largest absolute Gasteiger partial charge is 0.497 e. The zero-order valence-corrected chi connectivity index (χ0v) is 17.3. The molecule has 1 heterocycles. The number of methoxy groups -OCH3 is 1. The molecule has 2 rings (SSSR count). The highest BCUT2D eigenvalue weighted by atomic mass is 16.5.